The van der Waals surface area contributed by atoms with Crippen LogP contribution in [0.25, 0.3) is 0 Å². The summed E-state index contributed by atoms with van der Waals surface area (Å²) in [7, 11) is 3.20. The lowest BCUT2D eigenvalue weighted by atomic mass is 10.1. The van der Waals surface area contributed by atoms with Gasteiger partial charge in [-0.3, -0.25) is 9.59 Å². The molecule has 1 heterocycles. The van der Waals surface area contributed by atoms with Crippen LogP contribution in [0.2, 0.25) is 0 Å². The van der Waals surface area contributed by atoms with Crippen molar-refractivity contribution in [2.75, 3.05) is 32.2 Å². The topological polar surface area (TPSA) is 71.1 Å². The molecule has 8 heteroatoms. The summed E-state index contributed by atoms with van der Waals surface area (Å²) in [6.07, 6.45) is 0.759. The first-order valence-electron chi connectivity index (χ1n) is 10.2. The van der Waals surface area contributed by atoms with Crippen LogP contribution < -0.4 is 19.7 Å². The number of hydrogen-bond donors (Lipinski definition) is 1. The van der Waals surface area contributed by atoms with Crippen LogP contribution in [0.1, 0.15) is 18.9 Å². The van der Waals surface area contributed by atoms with Gasteiger partial charge in [-0.15, -0.1) is 0 Å². The summed E-state index contributed by atoms with van der Waals surface area (Å²) in [5, 5.41) is 3.59. The van der Waals surface area contributed by atoms with E-state index in [0.29, 0.717) is 36.1 Å². The average molecular weight is 442 g/mol. The van der Waals surface area contributed by atoms with Crippen LogP contribution in [0.15, 0.2) is 48.5 Å². The number of amides is 2. The molecule has 2 aromatic carbocycles. The third kappa shape index (κ3) is 5.14. The van der Waals surface area contributed by atoms with Crippen molar-refractivity contribution in [2.45, 2.75) is 25.8 Å². The second-order valence-electron chi connectivity index (χ2n) is 7.11. The SMILES string of the molecule is CCNC(=S)N(CCc1ccc(OC)cc1)[C@@H]1CC(=O)N(c2ccc(OC)cc2)C1=O. The third-order valence-electron chi connectivity index (χ3n) is 5.22. The maximum Gasteiger partial charge on any atom is 0.257 e. The van der Waals surface area contributed by atoms with Crippen molar-refractivity contribution in [3.63, 3.8) is 0 Å². The number of carbonyl (C=O) groups excluding carboxylic acids is 2. The molecule has 7 nitrogen and oxygen atoms in total. The molecule has 0 unspecified atom stereocenters. The molecule has 1 aliphatic heterocycles. The van der Waals surface area contributed by atoms with Crippen molar-refractivity contribution in [1.82, 2.24) is 10.2 Å². The van der Waals surface area contributed by atoms with Gasteiger partial charge in [0.1, 0.15) is 17.5 Å². The van der Waals surface area contributed by atoms with Crippen molar-refractivity contribution in [3.8, 4) is 11.5 Å². The highest BCUT2D eigenvalue weighted by Crippen LogP contribution is 2.27. The highest BCUT2D eigenvalue weighted by molar-refractivity contribution is 7.80. The largest absolute Gasteiger partial charge is 0.497 e. The molecule has 0 bridgehead atoms. The lowest BCUT2D eigenvalue weighted by Crippen LogP contribution is -2.50. The molecular weight excluding hydrogens is 414 g/mol. The van der Waals surface area contributed by atoms with Gasteiger partial charge in [0, 0.05) is 13.1 Å². The monoisotopic (exact) mass is 441 g/mol. The fourth-order valence-corrected chi connectivity index (χ4v) is 3.92. The van der Waals surface area contributed by atoms with Crippen LogP contribution in [0.3, 0.4) is 0 Å². The van der Waals surface area contributed by atoms with E-state index >= 15 is 0 Å². The zero-order valence-electron chi connectivity index (χ0n) is 18.0. The molecule has 0 saturated carbocycles. The highest BCUT2D eigenvalue weighted by atomic mass is 32.1. The van der Waals surface area contributed by atoms with Gasteiger partial charge < -0.3 is 19.7 Å². The molecule has 1 aliphatic rings. The van der Waals surface area contributed by atoms with Crippen LogP contribution in [-0.2, 0) is 16.0 Å². The van der Waals surface area contributed by atoms with Crippen LogP contribution in [-0.4, -0.2) is 55.2 Å². The molecular formula is C23H27N3O4S. The number of thiocarbonyl (C=S) groups is 1. The Hall–Kier alpha value is -3.13. The number of benzene rings is 2. The highest BCUT2D eigenvalue weighted by Gasteiger charge is 2.43. The lowest BCUT2D eigenvalue weighted by Gasteiger charge is -2.30. The second-order valence-corrected chi connectivity index (χ2v) is 7.50. The minimum absolute atomic E-state index is 0.0824. The van der Waals surface area contributed by atoms with Crippen LogP contribution in [0.4, 0.5) is 5.69 Å². The minimum Gasteiger partial charge on any atom is -0.497 e. The predicted molar refractivity (Wildman–Crippen MR) is 124 cm³/mol. The molecule has 0 aromatic heterocycles. The quantitative estimate of drug-likeness (QED) is 0.499. The lowest BCUT2D eigenvalue weighted by molar-refractivity contribution is -0.122. The average Bonchev–Trinajstić information content (AvgIpc) is 3.08. The van der Waals surface area contributed by atoms with Gasteiger partial charge in [0.05, 0.1) is 26.3 Å². The van der Waals surface area contributed by atoms with Crippen molar-refractivity contribution in [1.29, 1.82) is 0 Å². The minimum atomic E-state index is -0.639. The standard InChI is InChI=1S/C23H27N3O4S/c1-4-24-23(31)25(14-13-16-5-9-18(29-2)10-6-16)20-15-21(27)26(22(20)28)17-7-11-19(30-3)12-8-17/h5-12,20H,4,13-15H2,1-3H3,(H,24,31)/t20-/m1/s1. The van der Waals surface area contributed by atoms with E-state index in [0.717, 1.165) is 11.3 Å². The first-order valence-corrected chi connectivity index (χ1v) is 10.6. The van der Waals surface area contributed by atoms with Crippen LogP contribution in [0, 0.1) is 0 Å². The molecule has 1 N–H and O–H groups in total. The number of hydrogen-bond acceptors (Lipinski definition) is 5. The molecule has 3 rings (SSSR count). The Bertz CT molecular complexity index is 931. The Morgan fingerprint density at radius 2 is 1.65 bits per heavy atom. The Morgan fingerprint density at radius 3 is 2.19 bits per heavy atom. The molecule has 2 aromatic rings. The fraction of sp³-hybridized carbons (Fsp3) is 0.348. The summed E-state index contributed by atoms with van der Waals surface area (Å²) in [4.78, 5) is 29.1. The predicted octanol–water partition coefficient (Wildman–Crippen LogP) is 2.77. The van der Waals surface area contributed by atoms with E-state index in [2.05, 4.69) is 5.32 Å². The number of ether oxygens (including phenoxy) is 2. The summed E-state index contributed by atoms with van der Waals surface area (Å²) < 4.78 is 10.4. The number of nitrogens with zero attached hydrogens (tertiary/aromatic N) is 2. The van der Waals surface area contributed by atoms with E-state index in [9.17, 15) is 9.59 Å². The molecule has 1 atom stereocenters. The molecule has 31 heavy (non-hydrogen) atoms. The van der Waals surface area contributed by atoms with E-state index in [1.54, 1.807) is 38.5 Å². The molecule has 0 spiro atoms. The number of methoxy groups -OCH3 is 2. The summed E-state index contributed by atoms with van der Waals surface area (Å²) in [5.74, 6) is 0.934. The maximum atomic E-state index is 13.2. The number of anilines is 1. The molecule has 1 saturated heterocycles. The van der Waals surface area contributed by atoms with Gasteiger partial charge in [-0.1, -0.05) is 12.1 Å². The Balaban J connectivity index is 1.78. The van der Waals surface area contributed by atoms with Crippen molar-refractivity contribution in [3.05, 3.63) is 54.1 Å². The first-order chi connectivity index (χ1) is 15.0. The molecule has 1 fully saturated rings. The smallest absolute Gasteiger partial charge is 0.257 e. The van der Waals surface area contributed by atoms with E-state index < -0.39 is 6.04 Å². The van der Waals surface area contributed by atoms with Crippen LogP contribution in [0.5, 0.6) is 11.5 Å². The van der Waals surface area contributed by atoms with Gasteiger partial charge in [0.15, 0.2) is 5.11 Å². The zero-order valence-corrected chi connectivity index (χ0v) is 18.8. The summed E-state index contributed by atoms with van der Waals surface area (Å²) in [6, 6.07) is 14.0. The molecule has 0 radical (unpaired) electrons. The van der Waals surface area contributed by atoms with Crippen molar-refractivity contribution >= 4 is 34.8 Å². The Morgan fingerprint density at radius 1 is 1.06 bits per heavy atom. The van der Waals surface area contributed by atoms with Gasteiger partial charge in [0.25, 0.3) is 5.91 Å². The summed E-state index contributed by atoms with van der Waals surface area (Å²) in [5.41, 5.74) is 1.62. The summed E-state index contributed by atoms with van der Waals surface area (Å²) in [6.45, 7) is 3.09. The molecule has 0 aliphatic carbocycles. The first kappa shape index (κ1) is 22.6. The van der Waals surface area contributed by atoms with Gasteiger partial charge in [-0.05, 0) is 67.5 Å². The van der Waals surface area contributed by atoms with E-state index in [1.165, 1.54) is 4.90 Å². The van der Waals surface area contributed by atoms with Crippen molar-refractivity contribution in [2.24, 2.45) is 0 Å². The van der Waals surface area contributed by atoms with E-state index in [1.807, 2.05) is 36.1 Å². The molecule has 164 valence electrons. The maximum absolute atomic E-state index is 13.2. The zero-order chi connectivity index (χ0) is 22.4. The van der Waals surface area contributed by atoms with Gasteiger partial charge in [0.2, 0.25) is 5.91 Å². The van der Waals surface area contributed by atoms with E-state index in [4.69, 9.17) is 21.7 Å². The van der Waals surface area contributed by atoms with Gasteiger partial charge in [-0.25, -0.2) is 4.90 Å². The van der Waals surface area contributed by atoms with Crippen molar-refractivity contribution < 1.29 is 19.1 Å². The molecule has 2 amide bonds. The number of rotatable bonds is 8. The Kier molecular flexibility index (Phi) is 7.46. The van der Waals surface area contributed by atoms with Gasteiger partial charge >= 0.3 is 0 Å². The second kappa shape index (κ2) is 10.3. The van der Waals surface area contributed by atoms with Crippen LogP contribution >= 0.6 is 12.2 Å². The Labute approximate surface area is 187 Å². The number of carbonyl (C=O) groups is 2. The van der Waals surface area contributed by atoms with E-state index in [-0.39, 0.29) is 18.2 Å². The third-order valence-corrected chi connectivity index (χ3v) is 5.60. The number of imide groups is 1. The normalized spacial score (nSPS) is 15.7. The fourth-order valence-electron chi connectivity index (χ4n) is 3.56. The van der Waals surface area contributed by atoms with Gasteiger partial charge in [-0.2, -0.15) is 0 Å². The summed E-state index contributed by atoms with van der Waals surface area (Å²) >= 11 is 5.54. The number of nitrogens with one attached hydrogen (secondary N) is 1.